The maximum atomic E-state index is 12.7. The van der Waals surface area contributed by atoms with E-state index in [0.717, 1.165) is 35.1 Å². The molecule has 1 unspecified atom stereocenters. The molecule has 1 N–H and O–H groups in total. The number of sulfonamides is 1. The number of nitrogens with zero attached hydrogens (tertiary/aromatic N) is 1. The lowest BCUT2D eigenvalue weighted by molar-refractivity contribution is 0.387. The molecule has 4 nitrogen and oxygen atoms in total. The van der Waals surface area contributed by atoms with Gasteiger partial charge >= 0.3 is 0 Å². The van der Waals surface area contributed by atoms with Gasteiger partial charge in [-0.3, -0.25) is 0 Å². The van der Waals surface area contributed by atoms with E-state index in [9.17, 15) is 8.42 Å². The maximum Gasteiger partial charge on any atom is 0.243 e. The summed E-state index contributed by atoms with van der Waals surface area (Å²) in [5, 5.41) is 3.20. The summed E-state index contributed by atoms with van der Waals surface area (Å²) in [5.74, 6) is 0. The lowest BCUT2D eigenvalue weighted by atomic mass is 10.2. The molecule has 114 valence electrons. The van der Waals surface area contributed by atoms with Crippen LogP contribution in [-0.4, -0.2) is 38.9 Å². The average molecular weight is 384 g/mol. The Balaban J connectivity index is 0.00000200. The SMILES string of the molecule is Cc1cc(S(=O)(=O)N(C)C2CCNC2)c(C)cc1Br.Cl. The number of aryl methyl sites for hydroxylation is 2. The van der Waals surface area contributed by atoms with E-state index in [4.69, 9.17) is 0 Å². The molecule has 1 saturated heterocycles. The van der Waals surface area contributed by atoms with Crippen LogP contribution in [0.25, 0.3) is 0 Å². The summed E-state index contributed by atoms with van der Waals surface area (Å²) in [6.45, 7) is 5.34. The summed E-state index contributed by atoms with van der Waals surface area (Å²) < 4.78 is 27.8. The van der Waals surface area contributed by atoms with Gasteiger partial charge in [-0.05, 0) is 50.1 Å². The van der Waals surface area contributed by atoms with Crippen molar-refractivity contribution < 1.29 is 8.42 Å². The topological polar surface area (TPSA) is 49.4 Å². The molecule has 0 saturated carbocycles. The highest BCUT2D eigenvalue weighted by Gasteiger charge is 2.31. The quantitative estimate of drug-likeness (QED) is 0.872. The van der Waals surface area contributed by atoms with Crippen LogP contribution in [0.15, 0.2) is 21.5 Å². The molecule has 1 fully saturated rings. The molecule has 1 aliphatic heterocycles. The number of likely N-dealkylation sites (N-methyl/N-ethyl adjacent to an activating group) is 1. The molecule has 0 amide bonds. The van der Waals surface area contributed by atoms with E-state index in [-0.39, 0.29) is 18.4 Å². The highest BCUT2D eigenvalue weighted by molar-refractivity contribution is 9.10. The predicted octanol–water partition coefficient (Wildman–Crippen LogP) is 2.47. The van der Waals surface area contributed by atoms with E-state index in [0.29, 0.717) is 4.90 Å². The molecule has 20 heavy (non-hydrogen) atoms. The van der Waals surface area contributed by atoms with Gasteiger partial charge in [0.15, 0.2) is 0 Å². The first kappa shape index (κ1) is 17.9. The number of rotatable bonds is 3. The van der Waals surface area contributed by atoms with Gasteiger partial charge in [0.25, 0.3) is 0 Å². The molecule has 0 aromatic heterocycles. The van der Waals surface area contributed by atoms with E-state index >= 15 is 0 Å². The Morgan fingerprint density at radius 2 is 1.95 bits per heavy atom. The highest BCUT2D eigenvalue weighted by Crippen LogP contribution is 2.27. The van der Waals surface area contributed by atoms with Crippen LogP contribution in [-0.2, 0) is 10.0 Å². The molecular formula is C13H20BrClN2O2S. The first-order valence-electron chi connectivity index (χ1n) is 6.29. The Morgan fingerprint density at radius 3 is 2.50 bits per heavy atom. The maximum absolute atomic E-state index is 12.7. The first-order chi connectivity index (χ1) is 8.84. The number of hydrogen-bond acceptors (Lipinski definition) is 3. The van der Waals surface area contributed by atoms with Gasteiger partial charge < -0.3 is 5.32 Å². The van der Waals surface area contributed by atoms with Crippen molar-refractivity contribution in [2.75, 3.05) is 20.1 Å². The second-order valence-corrected chi connectivity index (χ2v) is 7.86. The van der Waals surface area contributed by atoms with Crippen LogP contribution in [0, 0.1) is 13.8 Å². The second kappa shape index (κ2) is 6.75. The zero-order valence-corrected chi connectivity index (χ0v) is 15.0. The molecule has 0 radical (unpaired) electrons. The summed E-state index contributed by atoms with van der Waals surface area (Å²) in [7, 11) is -1.75. The molecule has 0 bridgehead atoms. The minimum atomic E-state index is -3.42. The van der Waals surface area contributed by atoms with E-state index in [1.165, 1.54) is 4.31 Å². The van der Waals surface area contributed by atoms with Crippen LogP contribution < -0.4 is 5.32 Å². The standard InChI is InChI=1S/C13H19BrN2O2S.ClH/c1-9-7-13(10(2)6-12(9)14)19(17,18)16(3)11-4-5-15-8-11;/h6-7,11,15H,4-5,8H2,1-3H3;1H. The minimum absolute atomic E-state index is 0. The van der Waals surface area contributed by atoms with Crippen LogP contribution in [0.4, 0.5) is 0 Å². The van der Waals surface area contributed by atoms with Crippen LogP contribution in [0.2, 0.25) is 0 Å². The fourth-order valence-electron chi connectivity index (χ4n) is 2.33. The number of benzene rings is 1. The highest BCUT2D eigenvalue weighted by atomic mass is 79.9. The first-order valence-corrected chi connectivity index (χ1v) is 8.53. The van der Waals surface area contributed by atoms with Crippen molar-refractivity contribution in [1.29, 1.82) is 0 Å². The van der Waals surface area contributed by atoms with Gasteiger partial charge in [-0.2, -0.15) is 4.31 Å². The van der Waals surface area contributed by atoms with Gasteiger partial charge in [-0.25, -0.2) is 8.42 Å². The van der Waals surface area contributed by atoms with Crippen molar-refractivity contribution in [2.24, 2.45) is 0 Å². The van der Waals surface area contributed by atoms with Crippen molar-refractivity contribution in [1.82, 2.24) is 9.62 Å². The molecule has 1 heterocycles. The van der Waals surface area contributed by atoms with Crippen LogP contribution in [0.1, 0.15) is 17.5 Å². The molecule has 0 spiro atoms. The Labute approximate surface area is 135 Å². The van der Waals surface area contributed by atoms with E-state index in [2.05, 4.69) is 21.2 Å². The van der Waals surface area contributed by atoms with Gasteiger partial charge in [-0.1, -0.05) is 15.9 Å². The van der Waals surface area contributed by atoms with Crippen molar-refractivity contribution >= 4 is 38.4 Å². The minimum Gasteiger partial charge on any atom is -0.315 e. The molecule has 0 aliphatic carbocycles. The van der Waals surface area contributed by atoms with Gasteiger partial charge in [0.1, 0.15) is 0 Å². The molecule has 1 aliphatic rings. The van der Waals surface area contributed by atoms with Crippen molar-refractivity contribution in [3.8, 4) is 0 Å². The summed E-state index contributed by atoms with van der Waals surface area (Å²) in [5.41, 5.74) is 1.71. The molecule has 2 rings (SSSR count). The summed E-state index contributed by atoms with van der Waals surface area (Å²) in [4.78, 5) is 0.405. The number of hydrogen-bond donors (Lipinski definition) is 1. The molecular weight excluding hydrogens is 364 g/mol. The third-order valence-corrected chi connectivity index (χ3v) is 6.57. The normalized spacial score (nSPS) is 19.1. The van der Waals surface area contributed by atoms with Crippen LogP contribution >= 0.6 is 28.3 Å². The zero-order valence-electron chi connectivity index (χ0n) is 11.8. The molecule has 1 aromatic rings. The number of nitrogens with one attached hydrogen (secondary N) is 1. The lowest BCUT2D eigenvalue weighted by Crippen LogP contribution is -2.38. The van der Waals surface area contributed by atoms with Gasteiger partial charge in [0.05, 0.1) is 4.90 Å². The Hall–Kier alpha value is -0.140. The van der Waals surface area contributed by atoms with Gasteiger partial charge in [0.2, 0.25) is 10.0 Å². The third kappa shape index (κ3) is 3.36. The average Bonchev–Trinajstić information content (AvgIpc) is 2.86. The summed E-state index contributed by atoms with van der Waals surface area (Å²) in [6.07, 6.45) is 0.865. The fraction of sp³-hybridized carbons (Fsp3) is 0.538. The largest absolute Gasteiger partial charge is 0.315 e. The van der Waals surface area contributed by atoms with Crippen LogP contribution in [0.5, 0.6) is 0 Å². The van der Waals surface area contributed by atoms with E-state index in [1.807, 2.05) is 19.9 Å². The molecule has 1 aromatic carbocycles. The van der Waals surface area contributed by atoms with Gasteiger partial charge in [-0.15, -0.1) is 12.4 Å². The van der Waals surface area contributed by atoms with Crippen molar-refractivity contribution in [2.45, 2.75) is 31.2 Å². The summed E-state index contributed by atoms with van der Waals surface area (Å²) in [6, 6.07) is 3.66. The van der Waals surface area contributed by atoms with Gasteiger partial charge in [0, 0.05) is 24.1 Å². The number of halogens is 2. The van der Waals surface area contributed by atoms with Crippen molar-refractivity contribution in [3.05, 3.63) is 27.7 Å². The van der Waals surface area contributed by atoms with Crippen molar-refractivity contribution in [3.63, 3.8) is 0 Å². The third-order valence-electron chi connectivity index (χ3n) is 3.66. The van der Waals surface area contributed by atoms with E-state index in [1.54, 1.807) is 13.1 Å². The molecule has 1 atom stereocenters. The summed E-state index contributed by atoms with van der Waals surface area (Å²) >= 11 is 3.43. The molecule has 7 heteroatoms. The predicted molar refractivity (Wildman–Crippen MR) is 87.1 cm³/mol. The lowest BCUT2D eigenvalue weighted by Gasteiger charge is -2.24. The Morgan fingerprint density at radius 1 is 1.30 bits per heavy atom. The smallest absolute Gasteiger partial charge is 0.243 e. The fourth-order valence-corrected chi connectivity index (χ4v) is 4.47. The monoisotopic (exact) mass is 382 g/mol. The zero-order chi connectivity index (χ0) is 14.2. The van der Waals surface area contributed by atoms with Crippen LogP contribution in [0.3, 0.4) is 0 Å². The Kier molecular flexibility index (Phi) is 6.04. The van der Waals surface area contributed by atoms with E-state index < -0.39 is 10.0 Å². The Bertz CT molecular complexity index is 586. The second-order valence-electron chi connectivity index (χ2n) is 5.03.